The van der Waals surface area contributed by atoms with E-state index in [1.807, 2.05) is 0 Å². The van der Waals surface area contributed by atoms with Gasteiger partial charge < -0.3 is 18.4 Å². The van der Waals surface area contributed by atoms with Crippen LogP contribution in [0.5, 0.6) is 11.5 Å². The van der Waals surface area contributed by atoms with E-state index in [0.29, 0.717) is 33.7 Å². The Morgan fingerprint density at radius 1 is 1.07 bits per heavy atom. The van der Waals surface area contributed by atoms with E-state index in [4.69, 9.17) is 18.4 Å². The van der Waals surface area contributed by atoms with Gasteiger partial charge in [-0.05, 0) is 43.3 Å². The first-order valence-corrected chi connectivity index (χ1v) is 8.69. The number of aryl methyl sites for hydroxylation is 1. The van der Waals surface area contributed by atoms with Gasteiger partial charge >= 0.3 is 0 Å². The van der Waals surface area contributed by atoms with Gasteiger partial charge in [0.25, 0.3) is 5.91 Å². The molecule has 0 saturated heterocycles. The second-order valence-electron chi connectivity index (χ2n) is 6.30. The highest BCUT2D eigenvalue weighted by molar-refractivity contribution is 6.06. The van der Waals surface area contributed by atoms with Crippen LogP contribution in [-0.4, -0.2) is 25.3 Å². The van der Waals surface area contributed by atoms with Gasteiger partial charge in [-0.3, -0.25) is 10.1 Å². The minimum absolute atomic E-state index is 0.0784. The lowest BCUT2D eigenvalue weighted by atomic mass is 10.1. The van der Waals surface area contributed by atoms with Gasteiger partial charge in [0.15, 0.2) is 17.3 Å². The van der Waals surface area contributed by atoms with E-state index in [2.05, 4.69) is 10.5 Å². The third-order valence-corrected chi connectivity index (χ3v) is 4.53. The standard InChI is InChI=1S/C21H17FN2O5/c1-11-14-9-13(22)5-7-16(14)28-20(11)21(25)23-19-10-15(24-29-19)12-4-6-17(26-2)18(8-12)27-3/h4-10H,1-3H3,(H,23,25). The zero-order valence-electron chi connectivity index (χ0n) is 15.9. The number of carbonyl (C=O) groups excluding carboxylic acids is 1. The van der Waals surface area contributed by atoms with Crippen LogP contribution in [0.15, 0.2) is 51.4 Å². The number of rotatable bonds is 5. The molecule has 148 valence electrons. The molecule has 0 atom stereocenters. The summed E-state index contributed by atoms with van der Waals surface area (Å²) in [5.74, 6) is 0.437. The van der Waals surface area contributed by atoms with Crippen LogP contribution >= 0.6 is 0 Å². The summed E-state index contributed by atoms with van der Waals surface area (Å²) in [6.45, 7) is 1.69. The second kappa shape index (κ2) is 7.31. The zero-order chi connectivity index (χ0) is 20.5. The molecule has 0 fully saturated rings. The Labute approximate surface area is 165 Å². The fraction of sp³-hybridized carbons (Fsp3) is 0.143. The molecule has 7 nitrogen and oxygen atoms in total. The number of nitrogens with one attached hydrogen (secondary N) is 1. The van der Waals surface area contributed by atoms with Gasteiger partial charge in [0, 0.05) is 22.6 Å². The molecule has 0 aliphatic carbocycles. The fourth-order valence-corrected chi connectivity index (χ4v) is 3.04. The van der Waals surface area contributed by atoms with Crippen molar-refractivity contribution in [3.05, 3.63) is 59.6 Å². The van der Waals surface area contributed by atoms with Crippen molar-refractivity contribution in [1.82, 2.24) is 5.16 Å². The van der Waals surface area contributed by atoms with E-state index in [0.717, 1.165) is 5.56 Å². The number of fused-ring (bicyclic) bond motifs is 1. The number of hydrogen-bond acceptors (Lipinski definition) is 6. The van der Waals surface area contributed by atoms with Gasteiger partial charge in [0.1, 0.15) is 17.1 Å². The van der Waals surface area contributed by atoms with Crippen molar-refractivity contribution in [2.75, 3.05) is 19.5 Å². The van der Waals surface area contributed by atoms with Crippen molar-refractivity contribution >= 4 is 22.8 Å². The van der Waals surface area contributed by atoms with Gasteiger partial charge in [-0.1, -0.05) is 5.16 Å². The van der Waals surface area contributed by atoms with Crippen LogP contribution < -0.4 is 14.8 Å². The minimum atomic E-state index is -0.519. The Kier molecular flexibility index (Phi) is 4.67. The Bertz CT molecular complexity index is 1210. The molecule has 0 bridgehead atoms. The van der Waals surface area contributed by atoms with Crippen molar-refractivity contribution in [3.8, 4) is 22.8 Å². The lowest BCUT2D eigenvalue weighted by Gasteiger charge is -2.07. The van der Waals surface area contributed by atoms with Crippen LogP contribution in [0.1, 0.15) is 16.1 Å². The number of carbonyl (C=O) groups is 1. The minimum Gasteiger partial charge on any atom is -0.493 e. The average molecular weight is 396 g/mol. The summed E-state index contributed by atoms with van der Waals surface area (Å²) in [4.78, 5) is 12.6. The lowest BCUT2D eigenvalue weighted by Crippen LogP contribution is -2.11. The molecule has 0 saturated carbocycles. The molecule has 4 aromatic rings. The largest absolute Gasteiger partial charge is 0.493 e. The van der Waals surface area contributed by atoms with Crippen molar-refractivity contribution in [1.29, 1.82) is 0 Å². The number of furan rings is 1. The molecule has 0 aliphatic rings. The number of aromatic nitrogens is 1. The normalized spacial score (nSPS) is 10.9. The number of halogens is 1. The smallest absolute Gasteiger partial charge is 0.294 e. The zero-order valence-corrected chi connectivity index (χ0v) is 15.9. The summed E-state index contributed by atoms with van der Waals surface area (Å²) in [6, 6.07) is 11.0. The highest BCUT2D eigenvalue weighted by Crippen LogP contribution is 2.33. The molecule has 4 rings (SSSR count). The molecular formula is C21H17FN2O5. The third kappa shape index (κ3) is 3.40. The summed E-state index contributed by atoms with van der Waals surface area (Å²) < 4.78 is 34.7. The van der Waals surface area contributed by atoms with Gasteiger partial charge in [0.2, 0.25) is 5.88 Å². The first-order valence-electron chi connectivity index (χ1n) is 8.69. The van der Waals surface area contributed by atoms with E-state index in [1.54, 1.807) is 38.3 Å². The van der Waals surface area contributed by atoms with E-state index >= 15 is 0 Å². The Morgan fingerprint density at radius 2 is 1.86 bits per heavy atom. The maximum Gasteiger partial charge on any atom is 0.294 e. The van der Waals surface area contributed by atoms with Crippen molar-refractivity contribution in [2.45, 2.75) is 6.92 Å². The molecule has 0 aliphatic heterocycles. The molecule has 0 radical (unpaired) electrons. The Morgan fingerprint density at radius 3 is 2.62 bits per heavy atom. The highest BCUT2D eigenvalue weighted by atomic mass is 19.1. The van der Waals surface area contributed by atoms with E-state index in [1.165, 1.54) is 25.3 Å². The number of nitrogens with zero attached hydrogens (tertiary/aromatic N) is 1. The van der Waals surface area contributed by atoms with Crippen molar-refractivity contribution in [3.63, 3.8) is 0 Å². The topological polar surface area (TPSA) is 86.7 Å². The van der Waals surface area contributed by atoms with Crippen LogP contribution in [0.3, 0.4) is 0 Å². The summed E-state index contributed by atoms with van der Waals surface area (Å²) >= 11 is 0. The van der Waals surface area contributed by atoms with Crippen LogP contribution in [0.4, 0.5) is 10.3 Å². The first kappa shape index (κ1) is 18.5. The average Bonchev–Trinajstić information content (AvgIpc) is 3.32. The maximum atomic E-state index is 13.5. The van der Waals surface area contributed by atoms with Crippen LogP contribution in [0, 0.1) is 12.7 Å². The van der Waals surface area contributed by atoms with Crippen LogP contribution in [0.25, 0.3) is 22.2 Å². The van der Waals surface area contributed by atoms with E-state index < -0.39 is 11.7 Å². The monoisotopic (exact) mass is 396 g/mol. The number of amides is 1. The molecule has 1 N–H and O–H groups in total. The summed E-state index contributed by atoms with van der Waals surface area (Å²) in [7, 11) is 3.09. The summed E-state index contributed by atoms with van der Waals surface area (Å²) in [5, 5.41) is 7.12. The van der Waals surface area contributed by atoms with Gasteiger partial charge in [-0.15, -0.1) is 0 Å². The molecule has 1 amide bonds. The van der Waals surface area contributed by atoms with Crippen molar-refractivity contribution in [2.24, 2.45) is 0 Å². The molecule has 2 aromatic heterocycles. The Hall–Kier alpha value is -3.81. The van der Waals surface area contributed by atoms with Gasteiger partial charge in [0.05, 0.1) is 14.2 Å². The SMILES string of the molecule is COc1ccc(-c2cc(NC(=O)c3oc4ccc(F)cc4c3C)on2)cc1OC. The quantitative estimate of drug-likeness (QED) is 0.521. The predicted octanol–water partition coefficient (Wildman–Crippen LogP) is 4.80. The molecular weight excluding hydrogens is 379 g/mol. The van der Waals surface area contributed by atoms with E-state index in [9.17, 15) is 9.18 Å². The van der Waals surface area contributed by atoms with Gasteiger partial charge in [-0.2, -0.15) is 0 Å². The molecule has 29 heavy (non-hydrogen) atoms. The molecule has 2 heterocycles. The first-order chi connectivity index (χ1) is 14.0. The number of anilines is 1. The fourth-order valence-electron chi connectivity index (χ4n) is 3.04. The molecule has 0 spiro atoms. The number of ether oxygens (including phenoxy) is 2. The predicted molar refractivity (Wildman–Crippen MR) is 104 cm³/mol. The molecule has 8 heteroatoms. The van der Waals surface area contributed by atoms with E-state index in [-0.39, 0.29) is 11.6 Å². The maximum absolute atomic E-state index is 13.5. The van der Waals surface area contributed by atoms with Gasteiger partial charge in [-0.25, -0.2) is 4.39 Å². The number of hydrogen-bond donors (Lipinski definition) is 1. The highest BCUT2D eigenvalue weighted by Gasteiger charge is 2.20. The lowest BCUT2D eigenvalue weighted by molar-refractivity contribution is 0.0994. The number of benzene rings is 2. The molecule has 0 unspecified atom stereocenters. The van der Waals surface area contributed by atoms with Crippen LogP contribution in [-0.2, 0) is 0 Å². The van der Waals surface area contributed by atoms with Crippen molar-refractivity contribution < 1.29 is 27.6 Å². The Balaban J connectivity index is 1.58. The number of methoxy groups -OCH3 is 2. The summed E-state index contributed by atoms with van der Waals surface area (Å²) in [6.07, 6.45) is 0. The van der Waals surface area contributed by atoms with Crippen LogP contribution in [0.2, 0.25) is 0 Å². The summed E-state index contributed by atoms with van der Waals surface area (Å²) in [5.41, 5.74) is 2.20. The second-order valence-corrected chi connectivity index (χ2v) is 6.30. The molecule has 2 aromatic carbocycles. The third-order valence-electron chi connectivity index (χ3n) is 4.53.